The first-order chi connectivity index (χ1) is 12.7. The van der Waals surface area contributed by atoms with Gasteiger partial charge in [-0.3, -0.25) is 15.5 Å². The van der Waals surface area contributed by atoms with Crippen molar-refractivity contribution in [1.29, 1.82) is 0 Å². The van der Waals surface area contributed by atoms with E-state index in [1.165, 1.54) is 0 Å². The molecular formula is C19H32FN5O. The number of rotatable bonds is 0. The molecule has 0 aromatic heterocycles. The van der Waals surface area contributed by atoms with Gasteiger partial charge in [0.05, 0.1) is 12.3 Å². The Labute approximate surface area is 155 Å². The molecule has 4 bridgehead atoms. The van der Waals surface area contributed by atoms with Crippen LogP contribution in [0.4, 0.5) is 4.39 Å². The van der Waals surface area contributed by atoms with E-state index in [0.29, 0.717) is 49.5 Å². The third-order valence-electron chi connectivity index (χ3n) is 7.45. The lowest BCUT2D eigenvalue weighted by atomic mass is 9.80. The molecule has 0 aromatic rings. The van der Waals surface area contributed by atoms with Gasteiger partial charge in [0.1, 0.15) is 6.17 Å². The van der Waals surface area contributed by atoms with Gasteiger partial charge in [-0.1, -0.05) is 0 Å². The molecule has 0 spiro atoms. The molecule has 7 atom stereocenters. The summed E-state index contributed by atoms with van der Waals surface area (Å²) in [5.41, 5.74) is 3.63. The second-order valence-electron chi connectivity index (χ2n) is 9.11. The second-order valence-corrected chi connectivity index (χ2v) is 9.11. The normalized spacial score (nSPS) is 47.0. The molecule has 0 aromatic carbocycles. The molecule has 4 heterocycles. The van der Waals surface area contributed by atoms with E-state index >= 15 is 0 Å². The topological polar surface area (TPSA) is 59.6 Å². The summed E-state index contributed by atoms with van der Waals surface area (Å²) in [4.78, 5) is 14.7. The van der Waals surface area contributed by atoms with Gasteiger partial charge in [-0.25, -0.2) is 9.40 Å². The monoisotopic (exact) mass is 365 g/mol. The Bertz CT molecular complexity index is 548. The van der Waals surface area contributed by atoms with Gasteiger partial charge in [0, 0.05) is 44.6 Å². The van der Waals surface area contributed by atoms with Gasteiger partial charge < -0.3 is 10.2 Å². The summed E-state index contributed by atoms with van der Waals surface area (Å²) in [7, 11) is 0. The summed E-state index contributed by atoms with van der Waals surface area (Å²) in [5.74, 6) is 1.69. The predicted molar refractivity (Wildman–Crippen MR) is 96.6 cm³/mol. The predicted octanol–water partition coefficient (Wildman–Crippen LogP) is 0.807. The van der Waals surface area contributed by atoms with Crippen LogP contribution in [0, 0.1) is 17.8 Å². The number of hydrogen-bond acceptors (Lipinski definition) is 5. The lowest BCUT2D eigenvalue weighted by molar-refractivity contribution is -0.130. The third-order valence-corrected chi connectivity index (χ3v) is 7.45. The van der Waals surface area contributed by atoms with Crippen molar-refractivity contribution in [2.45, 2.75) is 69.5 Å². The van der Waals surface area contributed by atoms with E-state index in [2.05, 4.69) is 26.0 Å². The van der Waals surface area contributed by atoms with Crippen LogP contribution in [-0.4, -0.2) is 66.5 Å². The summed E-state index contributed by atoms with van der Waals surface area (Å²) in [6, 6.07) is 0.337. The average molecular weight is 365 g/mol. The molecule has 5 aliphatic rings. The molecule has 1 aliphatic carbocycles. The number of nitrogens with zero attached hydrogens (tertiary/aromatic N) is 2. The van der Waals surface area contributed by atoms with Crippen molar-refractivity contribution in [2.24, 2.45) is 17.8 Å². The molecule has 5 rings (SSSR count). The lowest BCUT2D eigenvalue weighted by Crippen LogP contribution is -2.64. The summed E-state index contributed by atoms with van der Waals surface area (Å²) in [6.45, 7) is 3.81. The largest absolute Gasteiger partial charge is 0.342 e. The second kappa shape index (κ2) is 7.00. The smallest absolute Gasteiger partial charge is 0.222 e. The van der Waals surface area contributed by atoms with Crippen LogP contribution in [0.2, 0.25) is 0 Å². The van der Waals surface area contributed by atoms with E-state index in [1.807, 2.05) is 0 Å². The van der Waals surface area contributed by atoms with Crippen LogP contribution >= 0.6 is 0 Å². The number of hydrogen-bond donors (Lipinski definition) is 3. The highest BCUT2D eigenvalue weighted by Gasteiger charge is 2.46. The molecule has 0 radical (unpaired) electrons. The number of hydrazine groups is 1. The number of amides is 1. The maximum atomic E-state index is 14.2. The molecule has 3 N–H and O–H groups in total. The van der Waals surface area contributed by atoms with Crippen LogP contribution in [-0.2, 0) is 4.79 Å². The Balaban J connectivity index is 1.41. The van der Waals surface area contributed by atoms with E-state index in [4.69, 9.17) is 0 Å². The first-order valence-electron chi connectivity index (χ1n) is 10.6. The summed E-state index contributed by atoms with van der Waals surface area (Å²) < 4.78 is 14.2. The number of nitrogens with one attached hydrogen (secondary N) is 3. The van der Waals surface area contributed by atoms with Crippen molar-refractivity contribution in [1.82, 2.24) is 26.0 Å². The van der Waals surface area contributed by atoms with Crippen molar-refractivity contribution in [3.05, 3.63) is 0 Å². The van der Waals surface area contributed by atoms with Crippen molar-refractivity contribution in [3.8, 4) is 0 Å². The van der Waals surface area contributed by atoms with Crippen LogP contribution in [0.3, 0.4) is 0 Å². The number of carbonyl (C=O) groups is 1. The first kappa shape index (κ1) is 17.3. The first-order valence-corrected chi connectivity index (χ1v) is 10.6. The average Bonchev–Trinajstić information content (AvgIpc) is 3.26. The number of carbonyl (C=O) groups excluding carboxylic acids is 1. The third kappa shape index (κ3) is 3.17. The number of fused-ring (bicyclic) bond motifs is 5. The van der Waals surface area contributed by atoms with Crippen molar-refractivity contribution in [3.63, 3.8) is 0 Å². The van der Waals surface area contributed by atoms with Crippen LogP contribution in [0.1, 0.15) is 44.9 Å². The molecule has 146 valence electrons. The Morgan fingerprint density at radius 3 is 2.88 bits per heavy atom. The van der Waals surface area contributed by atoms with Crippen LogP contribution in [0.25, 0.3) is 0 Å². The van der Waals surface area contributed by atoms with Gasteiger partial charge in [-0.2, -0.15) is 0 Å². The molecule has 6 unspecified atom stereocenters. The van der Waals surface area contributed by atoms with E-state index in [1.54, 1.807) is 0 Å². The fraction of sp³-hybridized carbons (Fsp3) is 0.947. The molecule has 5 fully saturated rings. The Morgan fingerprint density at radius 1 is 1.04 bits per heavy atom. The molecule has 1 saturated carbocycles. The molecule has 4 saturated heterocycles. The molecule has 26 heavy (non-hydrogen) atoms. The minimum Gasteiger partial charge on any atom is -0.342 e. The Morgan fingerprint density at radius 2 is 1.96 bits per heavy atom. The van der Waals surface area contributed by atoms with Crippen molar-refractivity contribution < 1.29 is 9.18 Å². The van der Waals surface area contributed by atoms with Crippen LogP contribution in [0.15, 0.2) is 0 Å². The molecule has 6 nitrogen and oxygen atoms in total. The fourth-order valence-electron chi connectivity index (χ4n) is 6.01. The maximum absolute atomic E-state index is 14.2. The van der Waals surface area contributed by atoms with Gasteiger partial charge in [-0.15, -0.1) is 0 Å². The Hall–Kier alpha value is -0.760. The lowest BCUT2D eigenvalue weighted by Gasteiger charge is -2.45. The quantitative estimate of drug-likeness (QED) is 0.593. The van der Waals surface area contributed by atoms with Gasteiger partial charge in [0.25, 0.3) is 0 Å². The SMILES string of the molecule is O=C1CCC2CC(F)CCC2N2NCC3CNC(C[C@H]4CCN1C4)NC32. The number of alkyl halides is 1. The van der Waals surface area contributed by atoms with Gasteiger partial charge in [0.2, 0.25) is 5.91 Å². The summed E-state index contributed by atoms with van der Waals surface area (Å²) in [6.07, 6.45) is 5.70. The van der Waals surface area contributed by atoms with Crippen LogP contribution < -0.4 is 16.1 Å². The number of halogens is 1. The van der Waals surface area contributed by atoms with Gasteiger partial charge >= 0.3 is 0 Å². The molecule has 1 amide bonds. The Kier molecular flexibility index (Phi) is 4.67. The van der Waals surface area contributed by atoms with Gasteiger partial charge in [-0.05, 0) is 50.4 Å². The van der Waals surface area contributed by atoms with E-state index < -0.39 is 6.17 Å². The highest BCUT2D eigenvalue weighted by atomic mass is 19.1. The highest BCUT2D eigenvalue weighted by Crippen LogP contribution is 2.37. The molecule has 4 aliphatic heterocycles. The van der Waals surface area contributed by atoms with E-state index in [0.717, 1.165) is 51.9 Å². The standard InChI is InChI=1S/C19H32FN5O/c20-15-2-3-16-13(8-15)1-4-18(26)24-6-5-12(11-24)7-17-21-9-14-10-22-25(16)19(14)23-17/h12-17,19,21-23H,1-11H2/t12-,13?,14?,15?,16?,17?,19?/m1/s1. The molecule has 7 heteroatoms. The van der Waals surface area contributed by atoms with E-state index in [9.17, 15) is 9.18 Å². The highest BCUT2D eigenvalue weighted by molar-refractivity contribution is 5.76. The zero-order valence-electron chi connectivity index (χ0n) is 15.5. The van der Waals surface area contributed by atoms with Crippen molar-refractivity contribution in [2.75, 3.05) is 26.2 Å². The van der Waals surface area contributed by atoms with Crippen molar-refractivity contribution >= 4 is 5.91 Å². The minimum absolute atomic E-state index is 0.267. The fourth-order valence-corrected chi connectivity index (χ4v) is 6.01. The zero-order valence-corrected chi connectivity index (χ0v) is 15.5. The minimum atomic E-state index is -0.703. The van der Waals surface area contributed by atoms with E-state index in [-0.39, 0.29) is 11.8 Å². The maximum Gasteiger partial charge on any atom is 0.222 e. The van der Waals surface area contributed by atoms with Crippen LogP contribution in [0.5, 0.6) is 0 Å². The molecular weight excluding hydrogens is 333 g/mol. The zero-order chi connectivity index (χ0) is 17.7. The summed E-state index contributed by atoms with van der Waals surface area (Å²) >= 11 is 0. The summed E-state index contributed by atoms with van der Waals surface area (Å²) in [5, 5.41) is 9.94. The van der Waals surface area contributed by atoms with Gasteiger partial charge in [0.15, 0.2) is 0 Å².